The highest BCUT2D eigenvalue weighted by atomic mass is 32.1. The number of carbonyl (C=O) groups is 2. The Hall–Kier alpha value is -0.710. The Balaban J connectivity index is 2.67. The highest BCUT2D eigenvalue weighted by molar-refractivity contribution is 7.80. The Labute approximate surface area is 88.7 Å². The van der Waals surface area contributed by atoms with E-state index < -0.39 is 12.0 Å². The first-order valence-corrected chi connectivity index (χ1v) is 5.35. The lowest BCUT2D eigenvalue weighted by Gasteiger charge is -2.24. The molecule has 4 nitrogen and oxygen atoms in total. The minimum Gasteiger partial charge on any atom is -0.480 e. The van der Waals surface area contributed by atoms with Gasteiger partial charge in [-0.15, -0.1) is 0 Å². The summed E-state index contributed by atoms with van der Waals surface area (Å²) in [5, 5.41) is 8.87. The molecule has 5 heteroatoms. The largest absolute Gasteiger partial charge is 0.480 e. The van der Waals surface area contributed by atoms with E-state index in [1.165, 1.54) is 4.90 Å². The maximum atomic E-state index is 11.7. The van der Waals surface area contributed by atoms with Crippen molar-refractivity contribution in [3.8, 4) is 0 Å². The number of hydrogen-bond acceptors (Lipinski definition) is 3. The van der Waals surface area contributed by atoms with Crippen LogP contribution in [0.5, 0.6) is 0 Å². The van der Waals surface area contributed by atoms with Gasteiger partial charge in [0.15, 0.2) is 0 Å². The van der Waals surface area contributed by atoms with E-state index in [2.05, 4.69) is 12.6 Å². The predicted molar refractivity (Wildman–Crippen MR) is 55.4 cm³/mol. The molecule has 1 aliphatic rings. The van der Waals surface area contributed by atoms with Crippen LogP contribution in [0.4, 0.5) is 0 Å². The van der Waals surface area contributed by atoms with Crippen LogP contribution in [-0.4, -0.2) is 40.2 Å². The highest BCUT2D eigenvalue weighted by Crippen LogP contribution is 2.20. The Morgan fingerprint density at radius 2 is 2.29 bits per heavy atom. The fraction of sp³-hybridized carbons (Fsp3) is 0.778. The summed E-state index contributed by atoms with van der Waals surface area (Å²) in [4.78, 5) is 24.0. The SMILES string of the molecule is C[C@H](CS)C(=O)N1CCCC1C(=O)O. The second kappa shape index (κ2) is 4.68. The van der Waals surface area contributed by atoms with Crippen molar-refractivity contribution in [3.63, 3.8) is 0 Å². The summed E-state index contributed by atoms with van der Waals surface area (Å²) in [5.41, 5.74) is 0. The standard InChI is InChI=1S/C9H15NO3S/c1-6(5-14)8(11)10-4-2-3-7(10)9(12)13/h6-7,14H,2-5H2,1H3,(H,12,13)/t6-,7?/m1/s1. The molecule has 0 saturated carbocycles. The van der Waals surface area contributed by atoms with E-state index in [-0.39, 0.29) is 11.8 Å². The summed E-state index contributed by atoms with van der Waals surface area (Å²) in [5.74, 6) is -0.729. The third-order valence-corrected chi connectivity index (χ3v) is 3.06. The molecular weight excluding hydrogens is 202 g/mol. The second-order valence-electron chi connectivity index (χ2n) is 3.61. The Kier molecular flexibility index (Phi) is 3.80. The third kappa shape index (κ3) is 2.20. The van der Waals surface area contributed by atoms with Crippen LogP contribution in [-0.2, 0) is 9.59 Å². The average molecular weight is 217 g/mol. The molecule has 80 valence electrons. The maximum absolute atomic E-state index is 11.7. The topological polar surface area (TPSA) is 57.6 Å². The first-order valence-electron chi connectivity index (χ1n) is 4.72. The smallest absolute Gasteiger partial charge is 0.326 e. The summed E-state index contributed by atoms with van der Waals surface area (Å²) < 4.78 is 0. The molecule has 1 unspecified atom stereocenters. The Morgan fingerprint density at radius 3 is 2.79 bits per heavy atom. The van der Waals surface area contributed by atoms with Crippen LogP contribution in [0.15, 0.2) is 0 Å². The summed E-state index contributed by atoms with van der Waals surface area (Å²) in [7, 11) is 0. The molecule has 0 radical (unpaired) electrons. The summed E-state index contributed by atoms with van der Waals surface area (Å²) in [6, 6.07) is -0.621. The molecule has 1 saturated heterocycles. The van der Waals surface area contributed by atoms with Crippen LogP contribution in [0.1, 0.15) is 19.8 Å². The van der Waals surface area contributed by atoms with Crippen molar-refractivity contribution in [1.29, 1.82) is 0 Å². The zero-order chi connectivity index (χ0) is 10.7. The maximum Gasteiger partial charge on any atom is 0.326 e. The van der Waals surface area contributed by atoms with Gasteiger partial charge in [-0.3, -0.25) is 4.79 Å². The van der Waals surface area contributed by atoms with Gasteiger partial charge in [-0.25, -0.2) is 4.79 Å². The van der Waals surface area contributed by atoms with Crippen LogP contribution in [0.25, 0.3) is 0 Å². The number of carbonyl (C=O) groups excluding carboxylic acids is 1. The second-order valence-corrected chi connectivity index (χ2v) is 3.98. The molecule has 1 heterocycles. The quantitative estimate of drug-likeness (QED) is 0.682. The molecule has 14 heavy (non-hydrogen) atoms. The predicted octanol–water partition coefficient (Wildman–Crippen LogP) is 0.628. The molecule has 0 aromatic rings. The molecule has 2 atom stereocenters. The van der Waals surface area contributed by atoms with Gasteiger partial charge in [-0.2, -0.15) is 12.6 Å². The molecule has 1 fully saturated rings. The van der Waals surface area contributed by atoms with E-state index in [0.717, 1.165) is 6.42 Å². The van der Waals surface area contributed by atoms with Gasteiger partial charge in [0.05, 0.1) is 0 Å². The number of carboxylic acid groups (broad SMARTS) is 1. The van der Waals surface area contributed by atoms with Crippen molar-refractivity contribution in [2.45, 2.75) is 25.8 Å². The molecule has 0 aromatic heterocycles. The van der Waals surface area contributed by atoms with E-state index in [9.17, 15) is 9.59 Å². The van der Waals surface area contributed by atoms with Crippen molar-refractivity contribution >= 4 is 24.5 Å². The zero-order valence-electron chi connectivity index (χ0n) is 8.14. The molecule has 0 spiro atoms. The van der Waals surface area contributed by atoms with Crippen molar-refractivity contribution in [1.82, 2.24) is 4.90 Å². The Morgan fingerprint density at radius 1 is 1.64 bits per heavy atom. The molecule has 0 bridgehead atoms. The van der Waals surface area contributed by atoms with Crippen LogP contribution in [0.2, 0.25) is 0 Å². The fourth-order valence-electron chi connectivity index (χ4n) is 1.65. The van der Waals surface area contributed by atoms with Gasteiger partial charge in [-0.05, 0) is 12.8 Å². The van der Waals surface area contributed by atoms with Crippen LogP contribution >= 0.6 is 12.6 Å². The van der Waals surface area contributed by atoms with Crippen LogP contribution in [0, 0.1) is 5.92 Å². The first-order chi connectivity index (χ1) is 6.57. The van der Waals surface area contributed by atoms with Gasteiger partial charge in [0, 0.05) is 18.2 Å². The van der Waals surface area contributed by atoms with Crippen molar-refractivity contribution in [2.75, 3.05) is 12.3 Å². The van der Waals surface area contributed by atoms with Gasteiger partial charge in [0.2, 0.25) is 5.91 Å². The zero-order valence-corrected chi connectivity index (χ0v) is 9.04. The molecule has 0 aliphatic carbocycles. The number of rotatable bonds is 3. The first kappa shape index (κ1) is 11.4. The molecule has 1 rings (SSSR count). The van der Waals surface area contributed by atoms with E-state index in [1.807, 2.05) is 0 Å². The molecule has 1 aliphatic heterocycles. The van der Waals surface area contributed by atoms with Crippen molar-refractivity contribution in [2.24, 2.45) is 5.92 Å². The van der Waals surface area contributed by atoms with Gasteiger partial charge in [-0.1, -0.05) is 6.92 Å². The Bertz CT molecular complexity index is 244. The highest BCUT2D eigenvalue weighted by Gasteiger charge is 2.35. The lowest BCUT2D eigenvalue weighted by atomic mass is 10.1. The number of carboxylic acids is 1. The van der Waals surface area contributed by atoms with E-state index in [1.54, 1.807) is 6.92 Å². The lowest BCUT2D eigenvalue weighted by Crippen LogP contribution is -2.43. The number of nitrogens with zero attached hydrogens (tertiary/aromatic N) is 1. The monoisotopic (exact) mass is 217 g/mol. The fourth-order valence-corrected chi connectivity index (χ4v) is 1.80. The third-order valence-electron chi connectivity index (χ3n) is 2.52. The summed E-state index contributed by atoms with van der Waals surface area (Å²) in [6.07, 6.45) is 1.35. The van der Waals surface area contributed by atoms with Crippen molar-refractivity contribution < 1.29 is 14.7 Å². The van der Waals surface area contributed by atoms with Gasteiger partial charge >= 0.3 is 5.97 Å². The van der Waals surface area contributed by atoms with Gasteiger partial charge < -0.3 is 10.0 Å². The normalized spacial score (nSPS) is 23.6. The minimum atomic E-state index is -0.901. The van der Waals surface area contributed by atoms with Crippen LogP contribution < -0.4 is 0 Å². The van der Waals surface area contributed by atoms with Gasteiger partial charge in [0.1, 0.15) is 6.04 Å². The van der Waals surface area contributed by atoms with Gasteiger partial charge in [0.25, 0.3) is 0 Å². The van der Waals surface area contributed by atoms with Crippen LogP contribution in [0.3, 0.4) is 0 Å². The van der Waals surface area contributed by atoms with Crippen molar-refractivity contribution in [3.05, 3.63) is 0 Å². The summed E-state index contributed by atoms with van der Waals surface area (Å²) >= 11 is 4.03. The molecule has 1 N–H and O–H groups in total. The molecule has 1 amide bonds. The van der Waals surface area contributed by atoms with E-state index >= 15 is 0 Å². The van der Waals surface area contributed by atoms with E-state index in [0.29, 0.717) is 18.7 Å². The number of aliphatic carboxylic acids is 1. The number of thiol groups is 1. The molecule has 0 aromatic carbocycles. The number of hydrogen-bond donors (Lipinski definition) is 2. The summed E-state index contributed by atoms with van der Waals surface area (Å²) in [6.45, 7) is 2.33. The number of amides is 1. The number of likely N-dealkylation sites (tertiary alicyclic amines) is 1. The average Bonchev–Trinajstić information content (AvgIpc) is 2.63. The molecular formula is C9H15NO3S. The van der Waals surface area contributed by atoms with E-state index in [4.69, 9.17) is 5.11 Å². The minimum absolute atomic E-state index is 0.0927. The lowest BCUT2D eigenvalue weighted by molar-refractivity contribution is -0.149.